The van der Waals surface area contributed by atoms with Crippen LogP contribution in [-0.2, 0) is 0 Å². The topological polar surface area (TPSA) is 63.1 Å². The number of rotatable bonds is 3. The van der Waals surface area contributed by atoms with E-state index < -0.39 is 12.2 Å². The number of aryl methyl sites for hydroxylation is 2. The van der Waals surface area contributed by atoms with Gasteiger partial charge in [0.2, 0.25) is 0 Å². The Morgan fingerprint density at radius 2 is 2.00 bits per heavy atom. The second kappa shape index (κ2) is 7.86. The molecule has 164 valence electrons. The number of carbonyl (C=O) groups is 1. The summed E-state index contributed by atoms with van der Waals surface area (Å²) in [4.78, 5) is 19.6. The molecule has 2 aromatic heterocycles. The van der Waals surface area contributed by atoms with E-state index in [-0.39, 0.29) is 24.3 Å². The molecule has 6 nitrogen and oxygen atoms in total. The van der Waals surface area contributed by atoms with Crippen LogP contribution < -0.4 is 5.32 Å². The van der Waals surface area contributed by atoms with Crippen molar-refractivity contribution < 1.29 is 18.0 Å². The molecule has 10 heteroatoms. The maximum atomic E-state index is 13.6. The van der Waals surface area contributed by atoms with Gasteiger partial charge in [-0.25, -0.2) is 9.67 Å². The van der Waals surface area contributed by atoms with Crippen LogP contribution in [0, 0.1) is 13.8 Å². The lowest BCUT2D eigenvalue weighted by molar-refractivity contribution is -0.173. The van der Waals surface area contributed by atoms with E-state index in [4.69, 9.17) is 0 Å². The van der Waals surface area contributed by atoms with Gasteiger partial charge in [0, 0.05) is 31.1 Å². The van der Waals surface area contributed by atoms with Gasteiger partial charge < -0.3 is 10.2 Å². The highest BCUT2D eigenvalue weighted by molar-refractivity contribution is 7.13. The third-order valence-electron chi connectivity index (χ3n) is 6.08. The van der Waals surface area contributed by atoms with Crippen LogP contribution in [-0.4, -0.2) is 50.9 Å². The highest BCUT2D eigenvalue weighted by Gasteiger charge is 2.46. The standard InChI is InChI=1S/C20H26F3N5OS/c1-4-14-9-16(20(21,22)23)28-17(25-14)10-15(26-28)13-5-7-27(8-6-13)19(29)18-11(2)24-12(3)30-18/h10,13-14,16,25H,4-9H2,1-3H3/t14-,16-/m1/s1. The zero-order valence-corrected chi connectivity index (χ0v) is 18.1. The summed E-state index contributed by atoms with van der Waals surface area (Å²) in [6.45, 7) is 6.74. The second-order valence-corrected chi connectivity index (χ2v) is 9.36. The zero-order valence-electron chi connectivity index (χ0n) is 17.3. The van der Waals surface area contributed by atoms with Crippen LogP contribution >= 0.6 is 11.3 Å². The number of likely N-dealkylation sites (tertiary alicyclic amines) is 1. The van der Waals surface area contributed by atoms with Crippen molar-refractivity contribution in [2.24, 2.45) is 0 Å². The van der Waals surface area contributed by atoms with Gasteiger partial charge in [0.15, 0.2) is 6.04 Å². The van der Waals surface area contributed by atoms with Gasteiger partial charge in [-0.2, -0.15) is 18.3 Å². The maximum absolute atomic E-state index is 13.6. The van der Waals surface area contributed by atoms with E-state index in [1.165, 1.54) is 11.3 Å². The highest BCUT2D eigenvalue weighted by atomic mass is 32.1. The van der Waals surface area contributed by atoms with Gasteiger partial charge in [-0.05, 0) is 39.5 Å². The van der Waals surface area contributed by atoms with Gasteiger partial charge in [-0.3, -0.25) is 4.79 Å². The Kier molecular flexibility index (Phi) is 5.54. The number of alkyl halides is 3. The van der Waals surface area contributed by atoms with E-state index in [0.717, 1.165) is 15.4 Å². The van der Waals surface area contributed by atoms with Gasteiger partial charge in [0.25, 0.3) is 5.91 Å². The van der Waals surface area contributed by atoms with Gasteiger partial charge in [0.1, 0.15) is 10.7 Å². The lowest BCUT2D eigenvalue weighted by Crippen LogP contribution is -2.39. The minimum Gasteiger partial charge on any atom is -0.367 e. The third-order valence-corrected chi connectivity index (χ3v) is 7.14. The number of hydrogen-bond acceptors (Lipinski definition) is 5. The van der Waals surface area contributed by atoms with E-state index in [0.29, 0.717) is 48.7 Å². The summed E-state index contributed by atoms with van der Waals surface area (Å²) < 4.78 is 41.9. The number of halogens is 3. The van der Waals surface area contributed by atoms with Crippen molar-refractivity contribution in [3.05, 3.63) is 27.3 Å². The van der Waals surface area contributed by atoms with E-state index >= 15 is 0 Å². The fourth-order valence-electron chi connectivity index (χ4n) is 4.39. The predicted molar refractivity (Wildman–Crippen MR) is 109 cm³/mol. The smallest absolute Gasteiger partial charge is 0.367 e. The molecule has 0 radical (unpaired) electrons. The first kappa shape index (κ1) is 21.1. The second-order valence-electron chi connectivity index (χ2n) is 8.16. The zero-order chi connectivity index (χ0) is 21.6. The van der Waals surface area contributed by atoms with Crippen LogP contribution in [0.25, 0.3) is 0 Å². The summed E-state index contributed by atoms with van der Waals surface area (Å²) in [5, 5.41) is 8.42. The third kappa shape index (κ3) is 3.93. The number of aromatic nitrogens is 3. The van der Waals surface area contributed by atoms with E-state index in [1.807, 2.05) is 25.7 Å². The molecule has 0 aromatic carbocycles. The molecule has 1 fully saturated rings. The normalized spacial score (nSPS) is 22.7. The maximum Gasteiger partial charge on any atom is 0.410 e. The molecule has 4 heterocycles. The van der Waals surface area contributed by atoms with Crippen LogP contribution in [0.5, 0.6) is 0 Å². The SMILES string of the molecule is CC[C@@H]1C[C@H](C(F)(F)F)n2nc(C3CCN(C(=O)c4sc(C)nc4C)CC3)cc2N1. The number of hydrogen-bond donors (Lipinski definition) is 1. The number of amides is 1. The number of thiazole rings is 1. The monoisotopic (exact) mass is 441 g/mol. The lowest BCUT2D eigenvalue weighted by atomic mass is 9.93. The first-order valence-electron chi connectivity index (χ1n) is 10.3. The molecule has 0 aliphatic carbocycles. The molecule has 2 atom stereocenters. The number of nitrogens with zero attached hydrogens (tertiary/aromatic N) is 4. The minimum atomic E-state index is -4.33. The molecule has 2 aliphatic rings. The molecule has 1 saturated heterocycles. The first-order valence-corrected chi connectivity index (χ1v) is 11.1. The summed E-state index contributed by atoms with van der Waals surface area (Å²) in [5.74, 6) is 0.483. The molecule has 30 heavy (non-hydrogen) atoms. The molecule has 2 aliphatic heterocycles. The number of carbonyl (C=O) groups excluding carboxylic acids is 1. The number of nitrogens with one attached hydrogen (secondary N) is 1. The van der Waals surface area contributed by atoms with Gasteiger partial charge in [-0.1, -0.05) is 6.92 Å². The Morgan fingerprint density at radius 3 is 2.57 bits per heavy atom. The van der Waals surface area contributed by atoms with Crippen LogP contribution in [0.2, 0.25) is 0 Å². The predicted octanol–water partition coefficient (Wildman–Crippen LogP) is 4.67. The van der Waals surface area contributed by atoms with Crippen LogP contribution in [0.1, 0.15) is 70.6 Å². The van der Waals surface area contributed by atoms with Crippen molar-refractivity contribution in [3.8, 4) is 0 Å². The molecule has 2 aromatic rings. The summed E-state index contributed by atoms with van der Waals surface area (Å²) >= 11 is 1.40. The first-order chi connectivity index (χ1) is 14.2. The minimum absolute atomic E-state index is 0.00527. The summed E-state index contributed by atoms with van der Waals surface area (Å²) in [6.07, 6.45) is -2.33. The molecule has 0 spiro atoms. The van der Waals surface area contributed by atoms with Crippen molar-refractivity contribution in [1.29, 1.82) is 0 Å². The van der Waals surface area contributed by atoms with Gasteiger partial charge in [-0.15, -0.1) is 11.3 Å². The number of fused-ring (bicyclic) bond motifs is 1. The molecular formula is C20H26F3N5OS. The van der Waals surface area contributed by atoms with Gasteiger partial charge >= 0.3 is 6.18 Å². The number of anilines is 1. The van der Waals surface area contributed by atoms with Crippen LogP contribution in [0.3, 0.4) is 0 Å². The summed E-state index contributed by atoms with van der Waals surface area (Å²) in [7, 11) is 0. The molecule has 0 saturated carbocycles. The van der Waals surface area contributed by atoms with Gasteiger partial charge in [0.05, 0.1) is 16.4 Å². The quantitative estimate of drug-likeness (QED) is 0.752. The van der Waals surface area contributed by atoms with Crippen molar-refractivity contribution in [2.45, 2.75) is 70.6 Å². The van der Waals surface area contributed by atoms with E-state index in [9.17, 15) is 18.0 Å². The van der Waals surface area contributed by atoms with Crippen molar-refractivity contribution in [1.82, 2.24) is 19.7 Å². The Morgan fingerprint density at radius 1 is 1.30 bits per heavy atom. The molecule has 1 amide bonds. The molecule has 4 rings (SSSR count). The lowest BCUT2D eigenvalue weighted by Gasteiger charge is -2.32. The number of piperidine rings is 1. The fraction of sp³-hybridized carbons (Fsp3) is 0.650. The average molecular weight is 442 g/mol. The van der Waals surface area contributed by atoms with E-state index in [2.05, 4.69) is 15.4 Å². The van der Waals surface area contributed by atoms with Crippen molar-refractivity contribution in [3.63, 3.8) is 0 Å². The van der Waals surface area contributed by atoms with Crippen LogP contribution in [0.4, 0.5) is 19.0 Å². The van der Waals surface area contributed by atoms with E-state index in [1.54, 1.807) is 6.07 Å². The summed E-state index contributed by atoms with van der Waals surface area (Å²) in [5.41, 5.74) is 1.43. The van der Waals surface area contributed by atoms with Crippen LogP contribution in [0.15, 0.2) is 6.07 Å². The largest absolute Gasteiger partial charge is 0.410 e. The highest BCUT2D eigenvalue weighted by Crippen LogP contribution is 2.41. The molecule has 1 N–H and O–H groups in total. The Labute approximate surface area is 177 Å². The molecular weight excluding hydrogens is 415 g/mol. The molecule has 0 unspecified atom stereocenters. The Hall–Kier alpha value is -2.10. The molecule has 0 bridgehead atoms. The Bertz CT molecular complexity index is 930. The van der Waals surface area contributed by atoms with Crippen molar-refractivity contribution in [2.75, 3.05) is 18.4 Å². The Balaban J connectivity index is 1.48. The van der Waals surface area contributed by atoms with Crippen molar-refractivity contribution >= 4 is 23.1 Å². The average Bonchev–Trinajstić information content (AvgIpc) is 3.28. The summed E-state index contributed by atoms with van der Waals surface area (Å²) in [6, 6.07) is -0.0368. The fourth-order valence-corrected chi connectivity index (χ4v) is 5.28.